The third-order valence-electron chi connectivity index (χ3n) is 20.3. The van der Waals surface area contributed by atoms with Crippen molar-refractivity contribution in [1.29, 1.82) is 0 Å². The Morgan fingerprint density at radius 1 is 0.216 bits per heavy atom. The van der Waals surface area contributed by atoms with E-state index in [9.17, 15) is 0 Å². The lowest BCUT2D eigenvalue weighted by molar-refractivity contribution is 0.669. The SMILES string of the molecule is c1ccc(-c2cc(-c3ccc4c(c3)oc3ccccc34)nc(-n3c4ccccc4c4c3ccc3c5ccccc5n(-c5ccccc5)c34)n2)cc1.c1ccc(-c2cc(-c3cccc4c3oc3ccccc34)nc(-n3c4ccccc4c4c3ccc3c5ccccc5n(-c5ccccc5)c34)n2)cc1. The van der Waals surface area contributed by atoms with Crippen LogP contribution in [0.15, 0.2) is 349 Å². The van der Waals surface area contributed by atoms with E-state index < -0.39 is 0 Å². The number of fused-ring (bicyclic) bond motifs is 20. The van der Waals surface area contributed by atoms with Gasteiger partial charge in [-0.25, -0.2) is 19.9 Å². The molecule has 10 heteroatoms. The van der Waals surface area contributed by atoms with Gasteiger partial charge in [0.25, 0.3) is 0 Å². The molecule has 0 aliphatic rings. The van der Waals surface area contributed by atoms with Gasteiger partial charge in [0.05, 0.1) is 66.9 Å². The van der Waals surface area contributed by atoms with Gasteiger partial charge in [0.2, 0.25) is 11.9 Å². The van der Waals surface area contributed by atoms with Crippen LogP contribution in [0.4, 0.5) is 0 Å². The van der Waals surface area contributed by atoms with Crippen molar-refractivity contribution in [2.75, 3.05) is 0 Å². The van der Waals surface area contributed by atoms with Gasteiger partial charge in [0.15, 0.2) is 0 Å². The lowest BCUT2D eigenvalue weighted by Crippen LogP contribution is -2.04. The van der Waals surface area contributed by atoms with Gasteiger partial charge < -0.3 is 18.0 Å². The number of aromatic nitrogens is 8. The van der Waals surface area contributed by atoms with E-state index in [2.05, 4.69) is 316 Å². The van der Waals surface area contributed by atoms with Crippen molar-refractivity contribution in [3.8, 4) is 68.3 Å². The van der Waals surface area contributed by atoms with E-state index in [1.165, 1.54) is 49.0 Å². The first-order chi connectivity index (χ1) is 50.6. The Balaban J connectivity index is 0.000000133. The van der Waals surface area contributed by atoms with E-state index in [0.29, 0.717) is 11.9 Å². The summed E-state index contributed by atoms with van der Waals surface area (Å²) in [5.74, 6) is 1.22. The van der Waals surface area contributed by atoms with Gasteiger partial charge >= 0.3 is 0 Å². The molecule has 0 saturated carbocycles. The van der Waals surface area contributed by atoms with Gasteiger partial charge in [0, 0.05) is 98.3 Å². The second kappa shape index (κ2) is 22.8. The second-order valence-corrected chi connectivity index (χ2v) is 26.0. The van der Waals surface area contributed by atoms with Crippen LogP contribution in [0.3, 0.4) is 0 Å². The predicted octanol–water partition coefficient (Wildman–Crippen LogP) is 23.8. The van der Waals surface area contributed by atoms with Crippen molar-refractivity contribution in [1.82, 2.24) is 38.2 Å². The standard InChI is InChI=1S/2C46H28N4O/c1-3-14-29(15-4-1)37-28-38(35-22-13-21-34-32-19-9-12-25-42(32)51-45(34)35)48-46(47-37)50-40-24-11-8-20-36(40)43-41(50)27-26-33-31-18-7-10-23-39(31)49(44(33)43)30-16-5-2-6-17-30;1-3-13-29(14-4-1)37-28-38(30-23-24-34-33-18-9-12-22-42(33)51-43(34)27-30)48-46(47-37)50-40-21-11-8-19-36(40)44-41(50)26-25-35-32-17-7-10-20-39(32)49(45(35)44)31-15-5-2-6-16-31/h2*1-28H. The van der Waals surface area contributed by atoms with E-state index in [4.69, 9.17) is 28.8 Å². The maximum Gasteiger partial charge on any atom is 0.235 e. The third-order valence-corrected chi connectivity index (χ3v) is 20.3. The number of hydrogen-bond acceptors (Lipinski definition) is 6. The van der Waals surface area contributed by atoms with Gasteiger partial charge in [-0.2, -0.15) is 0 Å². The Kier molecular flexibility index (Phi) is 12.8. The van der Waals surface area contributed by atoms with E-state index in [-0.39, 0.29) is 0 Å². The minimum absolute atomic E-state index is 0.604. The van der Waals surface area contributed by atoms with Crippen LogP contribution in [0.2, 0.25) is 0 Å². The third kappa shape index (κ3) is 8.86. The average Bonchev–Trinajstić information content (AvgIpc) is 1.55. The number of hydrogen-bond donors (Lipinski definition) is 0. The fraction of sp³-hybridized carbons (Fsp3) is 0. The molecule has 22 rings (SSSR count). The molecular formula is C92H56N8O2. The molecule has 8 heterocycles. The molecule has 14 aromatic carbocycles. The fourth-order valence-corrected chi connectivity index (χ4v) is 15.8. The molecule has 0 bridgehead atoms. The van der Waals surface area contributed by atoms with Crippen molar-refractivity contribution in [2.45, 2.75) is 0 Å². The Bertz CT molecular complexity index is 7120. The lowest BCUT2D eigenvalue weighted by atomic mass is 10.0. The molecule has 22 aromatic rings. The molecule has 0 atom stereocenters. The molecule has 0 aliphatic carbocycles. The lowest BCUT2D eigenvalue weighted by Gasteiger charge is -2.12. The molecule has 0 fully saturated rings. The summed E-state index contributed by atoms with van der Waals surface area (Å²) in [6.07, 6.45) is 0. The molecule has 0 saturated heterocycles. The normalized spacial score (nSPS) is 11.9. The highest BCUT2D eigenvalue weighted by molar-refractivity contribution is 6.28. The Morgan fingerprint density at radius 3 is 1.11 bits per heavy atom. The Morgan fingerprint density at radius 2 is 0.588 bits per heavy atom. The van der Waals surface area contributed by atoms with Crippen molar-refractivity contribution in [3.05, 3.63) is 340 Å². The predicted molar refractivity (Wildman–Crippen MR) is 418 cm³/mol. The molecule has 8 aromatic heterocycles. The zero-order valence-corrected chi connectivity index (χ0v) is 54.7. The highest BCUT2D eigenvalue weighted by atomic mass is 16.3. The molecule has 0 aliphatic heterocycles. The van der Waals surface area contributed by atoms with Crippen molar-refractivity contribution >= 4 is 131 Å². The number of furan rings is 2. The molecule has 0 radical (unpaired) electrons. The smallest absolute Gasteiger partial charge is 0.235 e. The average molecular weight is 1310 g/mol. The summed E-state index contributed by atoms with van der Waals surface area (Å²) in [7, 11) is 0. The minimum Gasteiger partial charge on any atom is -0.456 e. The van der Waals surface area contributed by atoms with Crippen molar-refractivity contribution in [2.24, 2.45) is 0 Å². The summed E-state index contributed by atoms with van der Waals surface area (Å²) in [5, 5.41) is 13.8. The fourth-order valence-electron chi connectivity index (χ4n) is 15.8. The minimum atomic E-state index is 0.604. The molecule has 0 spiro atoms. The van der Waals surface area contributed by atoms with E-state index in [0.717, 1.165) is 139 Å². The number of para-hydroxylation sites is 9. The Hall–Kier alpha value is -14.0. The van der Waals surface area contributed by atoms with E-state index >= 15 is 0 Å². The van der Waals surface area contributed by atoms with Crippen LogP contribution in [-0.4, -0.2) is 38.2 Å². The quantitative estimate of drug-likeness (QED) is 0.150. The maximum atomic E-state index is 6.52. The van der Waals surface area contributed by atoms with Crippen LogP contribution in [0.1, 0.15) is 0 Å². The first kappa shape index (κ1) is 57.1. The van der Waals surface area contributed by atoms with Gasteiger partial charge in [-0.1, -0.05) is 237 Å². The molecule has 476 valence electrons. The molecular weight excluding hydrogens is 1250 g/mol. The van der Waals surface area contributed by atoms with Crippen LogP contribution in [0.5, 0.6) is 0 Å². The van der Waals surface area contributed by atoms with Gasteiger partial charge in [-0.3, -0.25) is 9.13 Å². The van der Waals surface area contributed by atoms with Crippen molar-refractivity contribution < 1.29 is 8.83 Å². The van der Waals surface area contributed by atoms with Gasteiger partial charge in [-0.15, -0.1) is 0 Å². The zero-order valence-electron chi connectivity index (χ0n) is 54.7. The maximum absolute atomic E-state index is 6.52. The largest absolute Gasteiger partial charge is 0.456 e. The number of rotatable bonds is 8. The summed E-state index contributed by atoms with van der Waals surface area (Å²) in [6.45, 7) is 0. The molecule has 0 N–H and O–H groups in total. The molecule has 10 nitrogen and oxygen atoms in total. The Labute approximate surface area is 582 Å². The van der Waals surface area contributed by atoms with Crippen LogP contribution >= 0.6 is 0 Å². The van der Waals surface area contributed by atoms with Crippen molar-refractivity contribution in [3.63, 3.8) is 0 Å². The highest BCUT2D eigenvalue weighted by Gasteiger charge is 2.26. The topological polar surface area (TPSA) is 97.6 Å². The van der Waals surface area contributed by atoms with Crippen LogP contribution in [-0.2, 0) is 0 Å². The zero-order chi connectivity index (χ0) is 66.9. The van der Waals surface area contributed by atoms with E-state index in [1.807, 2.05) is 42.5 Å². The van der Waals surface area contributed by atoms with Crippen LogP contribution < -0.4 is 0 Å². The van der Waals surface area contributed by atoms with Crippen LogP contribution in [0, 0.1) is 0 Å². The van der Waals surface area contributed by atoms with Crippen LogP contribution in [0.25, 0.3) is 199 Å². The summed E-state index contributed by atoms with van der Waals surface area (Å²) < 4.78 is 22.1. The summed E-state index contributed by atoms with van der Waals surface area (Å²) in [6, 6.07) is 119. The molecule has 0 amide bonds. The molecule has 102 heavy (non-hydrogen) atoms. The summed E-state index contributed by atoms with van der Waals surface area (Å²) >= 11 is 0. The van der Waals surface area contributed by atoms with Gasteiger partial charge in [0.1, 0.15) is 22.3 Å². The first-order valence-corrected chi connectivity index (χ1v) is 34.4. The summed E-state index contributed by atoms with van der Waals surface area (Å²) in [5.41, 5.74) is 21.8. The molecule has 0 unspecified atom stereocenters. The summed E-state index contributed by atoms with van der Waals surface area (Å²) in [4.78, 5) is 21.3. The monoisotopic (exact) mass is 1300 g/mol. The van der Waals surface area contributed by atoms with Gasteiger partial charge in [-0.05, 0) is 103 Å². The first-order valence-electron chi connectivity index (χ1n) is 34.4. The van der Waals surface area contributed by atoms with E-state index in [1.54, 1.807) is 0 Å². The number of benzene rings is 14. The highest BCUT2D eigenvalue weighted by Crippen LogP contribution is 2.46. The second-order valence-electron chi connectivity index (χ2n) is 26.0. The number of nitrogens with zero attached hydrogens (tertiary/aromatic N) is 8.